The molecule has 3 unspecified atom stereocenters. The second-order valence-electron chi connectivity index (χ2n) is 25.8. The number of hydrogen-bond donors (Lipinski definition) is 6. The van der Waals surface area contributed by atoms with Crippen LogP contribution in [0, 0.1) is 0 Å². The molecule has 546 valence electrons. The summed E-state index contributed by atoms with van der Waals surface area (Å²) in [4.78, 5) is 50.8. The first-order valence-corrected chi connectivity index (χ1v) is 38.6. The summed E-state index contributed by atoms with van der Waals surface area (Å²) in [5.41, 5.74) is 7.25. The Kier molecular flexibility index (Phi) is 28.0. The van der Waals surface area contributed by atoms with Crippen LogP contribution >= 0.6 is 10.7 Å². The van der Waals surface area contributed by atoms with Crippen LogP contribution in [0.5, 0.6) is 17.2 Å². The largest absolute Gasteiger partial charge is 0.515 e. The van der Waals surface area contributed by atoms with Crippen molar-refractivity contribution < 1.29 is 63.7 Å². The third kappa shape index (κ3) is 19.1. The van der Waals surface area contributed by atoms with Crippen LogP contribution in [-0.2, 0) is 75.8 Å². The molecular weight excluding hydrogens is 1380 g/mol. The van der Waals surface area contributed by atoms with Crippen molar-refractivity contribution in [2.45, 2.75) is 131 Å². The summed E-state index contributed by atoms with van der Waals surface area (Å²) in [5.74, 6) is 8.89. The van der Waals surface area contributed by atoms with E-state index in [4.69, 9.17) is 24.9 Å². The molecule has 2 aromatic heterocycles. The number of nitrogens with two attached hydrogens (primary N) is 2. The highest BCUT2D eigenvalue weighted by atomic mass is 35.7. The minimum atomic E-state index is -3.52. The summed E-state index contributed by atoms with van der Waals surface area (Å²) < 4.78 is 89.3. The molecule has 102 heavy (non-hydrogen) atoms. The SMILES string of the molecule is CC(C)S(=O)(=O)Cl.COc1ccccc1C(=O)NCC1(c2ccccc2)CCC(=O)/C(=C\O)C1.COc1ccccc1C(=O)NCC1(c2ccccc2)CCc2c(cnn2S(=O)(=O)C(C)C)C1.COc1ccccc1C(=O)NCC1(c2ccccc2)CCc2nn(S(=O)(=O)C(C)C)cc2C1.NN. The maximum absolute atomic E-state index is 13.0. The molecule has 2 heterocycles. The standard InChI is InChI=1S/2C25H29N3O4S.C22H23NO4.C3H7ClO2S.H4N2/c1-18(2)33(30,31)28-16-19-15-25(14-13-22(19)27-28,20-9-5-4-6-10-20)17-26-24(29)21-11-7-8-12-23(21)32-3;1-18(2)33(30,31)28-22-13-14-25(15-19(22)16-27-28,20-9-5-4-6-10-20)17-26-24(29)21-11-7-8-12-23(21)32-3;1-27-20-10-6-5-9-18(20)21(26)23-15-22(17-7-3-2-4-8-17)12-11-19(25)16(13-22)14-24;1-3(2)7(4,5)6;1-2/h2*4-12,16,18H,13-15,17H2,1-3H3,(H,26,29);2-10,14,24H,11-13,15H2,1H3,(H,23,26);3H,1-2H3;1-2H2/b;;16-14-;;. The summed E-state index contributed by atoms with van der Waals surface area (Å²) in [5, 5.41) is 25.7. The number of nitrogens with zero attached hydrogens (tertiary/aromatic N) is 4. The van der Waals surface area contributed by atoms with Gasteiger partial charge in [0.05, 0.1) is 77.6 Å². The van der Waals surface area contributed by atoms with E-state index in [0.717, 1.165) is 56.0 Å². The molecule has 1 fully saturated rings. The number of Topliss-reactive ketones (excluding diaryl/α,β-unsaturated/α-hetero) is 1. The first-order chi connectivity index (χ1) is 48.6. The Morgan fingerprint density at radius 3 is 1.25 bits per heavy atom. The zero-order valence-corrected chi connectivity index (χ0v) is 62.0. The summed E-state index contributed by atoms with van der Waals surface area (Å²) >= 11 is 0. The molecule has 11 rings (SSSR count). The van der Waals surface area contributed by atoms with E-state index in [1.165, 1.54) is 25.0 Å². The Morgan fingerprint density at radius 2 is 0.882 bits per heavy atom. The van der Waals surface area contributed by atoms with Crippen molar-refractivity contribution in [3.8, 4) is 17.2 Å². The van der Waals surface area contributed by atoms with Gasteiger partial charge in [-0.15, -0.1) is 0 Å². The predicted octanol–water partition coefficient (Wildman–Crippen LogP) is 10.0. The van der Waals surface area contributed by atoms with Gasteiger partial charge in [0.15, 0.2) is 5.78 Å². The summed E-state index contributed by atoms with van der Waals surface area (Å²) in [7, 11) is -0.853. The Balaban J connectivity index is 0.000000203. The number of ether oxygens (including phenoxy) is 3. The molecule has 8 N–H and O–H groups in total. The van der Waals surface area contributed by atoms with E-state index in [0.29, 0.717) is 111 Å². The van der Waals surface area contributed by atoms with Gasteiger partial charge in [0.2, 0.25) is 9.05 Å². The number of aryl methyl sites for hydroxylation is 1. The van der Waals surface area contributed by atoms with Crippen molar-refractivity contribution in [3.05, 3.63) is 244 Å². The van der Waals surface area contributed by atoms with Crippen molar-refractivity contribution in [1.29, 1.82) is 0 Å². The summed E-state index contributed by atoms with van der Waals surface area (Å²) in [6.45, 7) is 10.9. The number of aromatic nitrogens is 4. The number of ketones is 1. The van der Waals surface area contributed by atoms with Gasteiger partial charge in [0.25, 0.3) is 37.8 Å². The number of nitrogens with one attached hydrogen (secondary N) is 3. The number of methoxy groups -OCH3 is 3. The molecule has 3 aliphatic rings. The molecule has 0 aliphatic heterocycles. The lowest BCUT2D eigenvalue weighted by atomic mass is 9.67. The zero-order valence-electron chi connectivity index (χ0n) is 58.8. The van der Waals surface area contributed by atoms with E-state index >= 15 is 0 Å². The second kappa shape index (κ2) is 35.6. The fourth-order valence-electron chi connectivity index (χ4n) is 12.5. The van der Waals surface area contributed by atoms with Crippen molar-refractivity contribution in [2.24, 2.45) is 11.7 Å². The number of fused-ring (bicyclic) bond motifs is 2. The van der Waals surface area contributed by atoms with E-state index in [-0.39, 0.29) is 34.3 Å². The van der Waals surface area contributed by atoms with Crippen LogP contribution in [0.25, 0.3) is 0 Å². The minimum Gasteiger partial charge on any atom is -0.515 e. The molecule has 23 nitrogen and oxygen atoms in total. The van der Waals surface area contributed by atoms with Gasteiger partial charge in [-0.05, 0) is 157 Å². The average Bonchev–Trinajstić information content (AvgIpc) is 1.56. The maximum Gasteiger partial charge on any atom is 0.256 e. The van der Waals surface area contributed by atoms with Gasteiger partial charge >= 0.3 is 0 Å². The molecule has 3 amide bonds. The molecule has 0 saturated heterocycles. The molecule has 8 aromatic rings. The Hall–Kier alpha value is -9.18. The first-order valence-electron chi connectivity index (χ1n) is 33.2. The molecule has 3 atom stereocenters. The van der Waals surface area contributed by atoms with Gasteiger partial charge in [-0.2, -0.15) is 18.4 Å². The van der Waals surface area contributed by atoms with Crippen LogP contribution in [0.3, 0.4) is 0 Å². The van der Waals surface area contributed by atoms with Crippen LogP contribution in [0.1, 0.15) is 144 Å². The third-order valence-corrected chi connectivity index (χ3v) is 24.7. The van der Waals surface area contributed by atoms with Crippen molar-refractivity contribution in [1.82, 2.24) is 34.3 Å². The lowest BCUT2D eigenvalue weighted by molar-refractivity contribution is -0.117. The molecule has 0 bridgehead atoms. The molecular formula is C75H92ClN9O14S3. The fourth-order valence-corrected chi connectivity index (χ4v) is 14.6. The number of para-hydroxylation sites is 3. The van der Waals surface area contributed by atoms with Crippen molar-refractivity contribution >= 4 is 63.3 Å². The number of carbonyl (C=O) groups excluding carboxylic acids is 4. The van der Waals surface area contributed by atoms with E-state index < -0.39 is 50.3 Å². The second-order valence-corrected chi connectivity index (χ2v) is 33.7. The molecule has 27 heteroatoms. The smallest absolute Gasteiger partial charge is 0.256 e. The van der Waals surface area contributed by atoms with Gasteiger partial charge in [-0.3, -0.25) is 30.9 Å². The number of aliphatic hydroxyl groups excluding tert-OH is 1. The van der Waals surface area contributed by atoms with Crippen molar-refractivity contribution in [3.63, 3.8) is 0 Å². The number of aliphatic hydroxyl groups is 1. The normalized spacial score (nSPS) is 18.2. The molecule has 0 spiro atoms. The van der Waals surface area contributed by atoms with Crippen molar-refractivity contribution in [2.75, 3.05) is 41.0 Å². The molecule has 1 saturated carbocycles. The van der Waals surface area contributed by atoms with Gasteiger partial charge in [0, 0.05) is 64.8 Å². The molecule has 3 aliphatic carbocycles. The van der Waals surface area contributed by atoms with Crippen LogP contribution in [0.2, 0.25) is 0 Å². The Labute approximate surface area is 602 Å². The highest BCUT2D eigenvalue weighted by molar-refractivity contribution is 8.14. The number of rotatable bonds is 20. The zero-order chi connectivity index (χ0) is 74.6. The topological polar surface area (TPSA) is 342 Å². The van der Waals surface area contributed by atoms with Crippen LogP contribution < -0.4 is 41.8 Å². The van der Waals surface area contributed by atoms with E-state index in [1.54, 1.807) is 109 Å². The highest BCUT2D eigenvalue weighted by Crippen LogP contribution is 2.42. The minimum absolute atomic E-state index is 0.0416. The van der Waals surface area contributed by atoms with E-state index in [2.05, 4.69) is 62.1 Å². The predicted molar refractivity (Wildman–Crippen MR) is 396 cm³/mol. The fraction of sp³-hybridized carbons (Fsp3) is 0.360. The number of hydrogen-bond acceptors (Lipinski definition) is 18. The maximum atomic E-state index is 13.0. The van der Waals surface area contributed by atoms with E-state index in [9.17, 15) is 49.5 Å². The summed E-state index contributed by atoms with van der Waals surface area (Å²) in [6, 6.07) is 51.3. The number of hydrazine groups is 1. The van der Waals surface area contributed by atoms with Crippen LogP contribution in [0.4, 0.5) is 0 Å². The number of allylic oxidation sites excluding steroid dienone is 1. The van der Waals surface area contributed by atoms with Gasteiger partial charge in [-0.1, -0.05) is 127 Å². The lowest BCUT2D eigenvalue weighted by Gasteiger charge is -2.38. The number of benzene rings is 6. The third-order valence-electron chi connectivity index (χ3n) is 18.6. The molecule has 6 aromatic carbocycles. The number of carbonyl (C=O) groups is 4. The van der Waals surface area contributed by atoms with Crippen LogP contribution in [0.15, 0.2) is 188 Å². The Bertz CT molecular complexity index is 4450. The lowest BCUT2D eigenvalue weighted by Crippen LogP contribution is -2.45. The number of amides is 3. The summed E-state index contributed by atoms with van der Waals surface area (Å²) in [6.07, 6.45) is 9.35. The quantitative estimate of drug-likeness (QED) is 0.0136. The molecule has 0 radical (unpaired) electrons. The number of halogens is 1. The van der Waals surface area contributed by atoms with Gasteiger partial charge in [0.1, 0.15) is 17.2 Å². The van der Waals surface area contributed by atoms with Crippen LogP contribution in [-0.4, -0.2) is 129 Å². The van der Waals surface area contributed by atoms with E-state index in [1.807, 2.05) is 84.9 Å². The first kappa shape index (κ1) is 80.1. The Morgan fingerprint density at radius 1 is 0.529 bits per heavy atom. The average molecular weight is 1480 g/mol. The van der Waals surface area contributed by atoms with Gasteiger partial charge in [-0.25, -0.2) is 25.3 Å². The highest BCUT2D eigenvalue weighted by Gasteiger charge is 2.43. The van der Waals surface area contributed by atoms with Gasteiger partial charge < -0.3 is 35.3 Å². The monoisotopic (exact) mass is 1470 g/mol.